The van der Waals surface area contributed by atoms with Crippen LogP contribution in [0, 0.1) is 0 Å². The van der Waals surface area contributed by atoms with Gasteiger partial charge in [-0.15, -0.1) is 11.3 Å². The van der Waals surface area contributed by atoms with Crippen molar-refractivity contribution in [2.75, 3.05) is 0 Å². The second-order valence-electron chi connectivity index (χ2n) is 3.49. The minimum absolute atomic E-state index is 0.0392. The van der Waals surface area contributed by atoms with Crippen LogP contribution in [-0.4, -0.2) is 15.9 Å². The lowest BCUT2D eigenvalue weighted by Gasteiger charge is -1.99. The summed E-state index contributed by atoms with van der Waals surface area (Å²) in [4.78, 5) is 19.8. The first kappa shape index (κ1) is 11.7. The van der Waals surface area contributed by atoms with E-state index in [-0.39, 0.29) is 5.91 Å². The molecule has 2 rings (SSSR count). The minimum Gasteiger partial charge on any atom is -0.350 e. The van der Waals surface area contributed by atoms with Crippen molar-refractivity contribution in [2.24, 2.45) is 0 Å². The smallest absolute Gasteiger partial charge is 0.220 e. The van der Waals surface area contributed by atoms with Crippen LogP contribution in [0.5, 0.6) is 0 Å². The first-order chi connectivity index (χ1) is 8.29. The normalized spacial score (nSPS) is 10.2. The van der Waals surface area contributed by atoms with Crippen molar-refractivity contribution in [3.05, 3.63) is 35.5 Å². The van der Waals surface area contributed by atoms with Crippen molar-refractivity contribution >= 4 is 17.2 Å². The number of carbonyl (C=O) groups excluding carboxylic acids is 1. The van der Waals surface area contributed by atoms with Crippen LogP contribution in [0.2, 0.25) is 0 Å². The van der Waals surface area contributed by atoms with Crippen molar-refractivity contribution in [3.8, 4) is 10.7 Å². The van der Waals surface area contributed by atoms with E-state index in [4.69, 9.17) is 0 Å². The molecule has 0 unspecified atom stereocenters. The zero-order valence-electron chi connectivity index (χ0n) is 9.51. The van der Waals surface area contributed by atoms with Gasteiger partial charge in [-0.3, -0.25) is 9.78 Å². The lowest BCUT2D eigenvalue weighted by molar-refractivity contribution is -0.120. The van der Waals surface area contributed by atoms with Crippen LogP contribution in [-0.2, 0) is 11.3 Å². The Morgan fingerprint density at radius 2 is 2.35 bits per heavy atom. The summed E-state index contributed by atoms with van der Waals surface area (Å²) in [5, 5.41) is 5.62. The molecule has 0 atom stereocenters. The highest BCUT2D eigenvalue weighted by Gasteiger charge is 2.05. The molecule has 0 bridgehead atoms. The first-order valence-corrected chi connectivity index (χ1v) is 6.30. The van der Waals surface area contributed by atoms with Crippen LogP contribution in [0.3, 0.4) is 0 Å². The highest BCUT2D eigenvalue weighted by atomic mass is 32.1. The van der Waals surface area contributed by atoms with E-state index in [0.717, 1.165) is 16.4 Å². The third kappa shape index (κ3) is 3.10. The molecule has 0 radical (unpaired) electrons. The molecular weight excluding hydrogens is 234 g/mol. The molecular formula is C12H13N3OS. The van der Waals surface area contributed by atoms with E-state index >= 15 is 0 Å². The van der Waals surface area contributed by atoms with E-state index in [1.165, 1.54) is 11.3 Å². The Labute approximate surface area is 104 Å². The molecule has 0 aliphatic rings. The molecule has 2 aromatic heterocycles. The van der Waals surface area contributed by atoms with Gasteiger partial charge in [-0.05, 0) is 12.1 Å². The van der Waals surface area contributed by atoms with Gasteiger partial charge in [0.05, 0.1) is 17.9 Å². The Bertz CT molecular complexity index is 495. The summed E-state index contributed by atoms with van der Waals surface area (Å²) in [6, 6.07) is 5.73. The highest BCUT2D eigenvalue weighted by molar-refractivity contribution is 7.13. The number of pyridine rings is 1. The molecule has 0 saturated carbocycles. The molecule has 0 aliphatic carbocycles. The summed E-state index contributed by atoms with van der Waals surface area (Å²) in [5.41, 5.74) is 1.74. The molecule has 2 aromatic rings. The maximum absolute atomic E-state index is 11.1. The van der Waals surface area contributed by atoms with Crippen LogP contribution in [0.1, 0.15) is 19.0 Å². The monoisotopic (exact) mass is 247 g/mol. The third-order valence-corrected chi connectivity index (χ3v) is 3.14. The highest BCUT2D eigenvalue weighted by Crippen LogP contribution is 2.20. The summed E-state index contributed by atoms with van der Waals surface area (Å²) in [7, 11) is 0. The summed E-state index contributed by atoms with van der Waals surface area (Å²) in [5.74, 6) is 0.0392. The Balaban J connectivity index is 2.04. The summed E-state index contributed by atoms with van der Waals surface area (Å²) in [6.45, 7) is 2.31. The number of thiazole rings is 1. The quantitative estimate of drug-likeness (QED) is 0.901. The van der Waals surface area contributed by atoms with Crippen LogP contribution >= 0.6 is 11.3 Å². The van der Waals surface area contributed by atoms with E-state index in [2.05, 4.69) is 15.3 Å². The summed E-state index contributed by atoms with van der Waals surface area (Å²) in [6.07, 6.45) is 2.24. The Morgan fingerprint density at radius 1 is 1.47 bits per heavy atom. The van der Waals surface area contributed by atoms with Gasteiger partial charge in [0.15, 0.2) is 0 Å². The predicted octanol–water partition coefficient (Wildman–Crippen LogP) is 2.23. The average molecular weight is 247 g/mol. The molecule has 0 spiro atoms. The van der Waals surface area contributed by atoms with Crippen LogP contribution in [0.25, 0.3) is 10.7 Å². The number of carbonyl (C=O) groups is 1. The van der Waals surface area contributed by atoms with Gasteiger partial charge in [-0.25, -0.2) is 4.98 Å². The summed E-state index contributed by atoms with van der Waals surface area (Å²) < 4.78 is 0. The van der Waals surface area contributed by atoms with Crippen LogP contribution in [0.4, 0.5) is 0 Å². The fourth-order valence-corrected chi connectivity index (χ4v) is 2.10. The first-order valence-electron chi connectivity index (χ1n) is 5.42. The van der Waals surface area contributed by atoms with Gasteiger partial charge >= 0.3 is 0 Å². The van der Waals surface area contributed by atoms with Gasteiger partial charge in [0.1, 0.15) is 5.01 Å². The maximum Gasteiger partial charge on any atom is 0.220 e. The second kappa shape index (κ2) is 5.54. The number of hydrogen-bond donors (Lipinski definition) is 1. The number of nitrogens with zero attached hydrogens (tertiary/aromatic N) is 2. The number of aromatic nitrogens is 2. The third-order valence-electron chi connectivity index (χ3n) is 2.22. The number of nitrogens with one attached hydrogen (secondary N) is 1. The van der Waals surface area contributed by atoms with Crippen molar-refractivity contribution in [3.63, 3.8) is 0 Å². The van der Waals surface area contributed by atoms with E-state index in [1.807, 2.05) is 30.5 Å². The molecule has 1 N–H and O–H groups in total. The van der Waals surface area contributed by atoms with Gasteiger partial charge in [0.2, 0.25) is 5.91 Å². The predicted molar refractivity (Wildman–Crippen MR) is 67.5 cm³/mol. The molecule has 5 heteroatoms. The number of hydrogen-bond acceptors (Lipinski definition) is 4. The average Bonchev–Trinajstić information content (AvgIpc) is 2.86. The summed E-state index contributed by atoms with van der Waals surface area (Å²) >= 11 is 1.54. The Hall–Kier alpha value is -1.75. The molecule has 17 heavy (non-hydrogen) atoms. The molecule has 0 fully saturated rings. The fourth-order valence-electron chi connectivity index (χ4n) is 1.31. The van der Waals surface area contributed by atoms with Crippen molar-refractivity contribution in [2.45, 2.75) is 19.9 Å². The molecule has 0 aromatic carbocycles. The topological polar surface area (TPSA) is 54.9 Å². The number of amides is 1. The van der Waals surface area contributed by atoms with Gasteiger partial charge in [0.25, 0.3) is 0 Å². The van der Waals surface area contributed by atoms with E-state index in [9.17, 15) is 4.79 Å². The standard InChI is InChI=1S/C12H13N3OS/c1-2-11(16)14-7-9-8-17-12(15-9)10-5-3-4-6-13-10/h3-6,8H,2,7H2,1H3,(H,14,16). The van der Waals surface area contributed by atoms with Crippen molar-refractivity contribution in [1.29, 1.82) is 0 Å². The lowest BCUT2D eigenvalue weighted by atomic mass is 10.3. The molecule has 1 amide bonds. The lowest BCUT2D eigenvalue weighted by Crippen LogP contribution is -2.21. The fraction of sp³-hybridized carbons (Fsp3) is 0.250. The molecule has 4 nitrogen and oxygen atoms in total. The number of rotatable bonds is 4. The van der Waals surface area contributed by atoms with Gasteiger partial charge in [-0.1, -0.05) is 13.0 Å². The van der Waals surface area contributed by atoms with Crippen LogP contribution in [0.15, 0.2) is 29.8 Å². The Kier molecular flexibility index (Phi) is 3.82. The van der Waals surface area contributed by atoms with Crippen LogP contribution < -0.4 is 5.32 Å². The molecule has 2 heterocycles. The van der Waals surface area contributed by atoms with Crippen molar-refractivity contribution < 1.29 is 4.79 Å². The minimum atomic E-state index is 0.0392. The molecule has 0 aliphatic heterocycles. The zero-order valence-corrected chi connectivity index (χ0v) is 10.3. The second-order valence-corrected chi connectivity index (χ2v) is 4.35. The zero-order chi connectivity index (χ0) is 12.1. The van der Waals surface area contributed by atoms with E-state index in [0.29, 0.717) is 13.0 Å². The SMILES string of the molecule is CCC(=O)NCc1csc(-c2ccccn2)n1. The van der Waals surface area contributed by atoms with E-state index < -0.39 is 0 Å². The Morgan fingerprint density at radius 3 is 3.06 bits per heavy atom. The van der Waals surface area contributed by atoms with Gasteiger partial charge < -0.3 is 5.32 Å². The van der Waals surface area contributed by atoms with Gasteiger partial charge in [0, 0.05) is 18.0 Å². The van der Waals surface area contributed by atoms with Gasteiger partial charge in [-0.2, -0.15) is 0 Å². The largest absolute Gasteiger partial charge is 0.350 e. The molecule has 0 saturated heterocycles. The maximum atomic E-state index is 11.1. The van der Waals surface area contributed by atoms with Crippen molar-refractivity contribution in [1.82, 2.24) is 15.3 Å². The molecule has 88 valence electrons. The van der Waals surface area contributed by atoms with E-state index in [1.54, 1.807) is 6.20 Å².